The molecule has 0 saturated carbocycles. The summed E-state index contributed by atoms with van der Waals surface area (Å²) >= 11 is 0. The minimum absolute atomic E-state index is 0.241. The quantitative estimate of drug-likeness (QED) is 0.430. The number of nitrogens with zero attached hydrogens (tertiary/aromatic N) is 1. The first kappa shape index (κ1) is 16.5. The number of nitrogens with one attached hydrogen (secondary N) is 1. The summed E-state index contributed by atoms with van der Waals surface area (Å²) in [6, 6.07) is 24.8. The van der Waals surface area contributed by atoms with Crippen molar-refractivity contribution in [3.63, 3.8) is 0 Å². The van der Waals surface area contributed by atoms with E-state index in [-0.39, 0.29) is 5.91 Å². The molecule has 0 aliphatic rings. The predicted octanol–water partition coefficient (Wildman–Crippen LogP) is 4.09. The Labute approximate surface area is 147 Å². The van der Waals surface area contributed by atoms with Gasteiger partial charge < -0.3 is 5.73 Å². The Bertz CT molecular complexity index is 883. The van der Waals surface area contributed by atoms with E-state index in [1.54, 1.807) is 24.3 Å². The number of carbonyl (C=O) groups excluding carboxylic acids is 1. The van der Waals surface area contributed by atoms with Crippen LogP contribution >= 0.6 is 0 Å². The minimum Gasteiger partial charge on any atom is -0.399 e. The van der Waals surface area contributed by atoms with E-state index in [9.17, 15) is 4.79 Å². The smallest absolute Gasteiger partial charge is 0.271 e. The number of nitrogen functional groups attached to an aromatic ring is 1. The number of amides is 1. The summed E-state index contributed by atoms with van der Waals surface area (Å²) in [5.74, 6) is -0.241. The molecule has 0 aliphatic heterocycles. The van der Waals surface area contributed by atoms with Crippen LogP contribution in [-0.2, 0) is 0 Å². The Kier molecular flexibility index (Phi) is 4.90. The van der Waals surface area contributed by atoms with Gasteiger partial charge in [-0.3, -0.25) is 4.79 Å². The number of hydrazone groups is 1. The van der Waals surface area contributed by atoms with Gasteiger partial charge in [0.05, 0.1) is 5.71 Å². The molecule has 0 aliphatic carbocycles. The molecule has 0 radical (unpaired) electrons. The second-order valence-electron chi connectivity index (χ2n) is 5.70. The monoisotopic (exact) mass is 329 g/mol. The summed E-state index contributed by atoms with van der Waals surface area (Å²) in [5, 5.41) is 4.16. The first-order chi connectivity index (χ1) is 12.1. The van der Waals surface area contributed by atoms with Gasteiger partial charge in [-0.05, 0) is 47.9 Å². The number of rotatable bonds is 4. The van der Waals surface area contributed by atoms with Crippen LogP contribution in [0.2, 0.25) is 0 Å². The highest BCUT2D eigenvalue weighted by atomic mass is 16.2. The molecule has 0 atom stereocenters. The van der Waals surface area contributed by atoms with Gasteiger partial charge >= 0.3 is 0 Å². The largest absolute Gasteiger partial charge is 0.399 e. The second-order valence-corrected chi connectivity index (χ2v) is 5.70. The van der Waals surface area contributed by atoms with Gasteiger partial charge in [-0.15, -0.1) is 0 Å². The second kappa shape index (κ2) is 7.45. The molecular weight excluding hydrogens is 310 g/mol. The average Bonchev–Trinajstić information content (AvgIpc) is 2.67. The third-order valence-electron chi connectivity index (χ3n) is 3.91. The molecule has 0 aromatic heterocycles. The Morgan fingerprint density at radius 2 is 1.36 bits per heavy atom. The van der Waals surface area contributed by atoms with Gasteiger partial charge in [0.2, 0.25) is 0 Å². The Morgan fingerprint density at radius 3 is 2.00 bits per heavy atom. The molecule has 0 heterocycles. The minimum atomic E-state index is -0.241. The number of nitrogens with two attached hydrogens (primary N) is 1. The van der Waals surface area contributed by atoms with Crippen molar-refractivity contribution in [2.24, 2.45) is 5.10 Å². The number of hydrogen-bond acceptors (Lipinski definition) is 3. The molecule has 0 fully saturated rings. The molecule has 3 N–H and O–H groups in total. The van der Waals surface area contributed by atoms with Crippen molar-refractivity contribution in [3.05, 3.63) is 90.0 Å². The van der Waals surface area contributed by atoms with Crippen LogP contribution in [0, 0.1) is 0 Å². The van der Waals surface area contributed by atoms with E-state index in [4.69, 9.17) is 5.73 Å². The zero-order valence-corrected chi connectivity index (χ0v) is 13.9. The van der Waals surface area contributed by atoms with E-state index in [0.29, 0.717) is 17.0 Å². The molecular formula is C21H19N3O. The number of hydrogen-bond donors (Lipinski definition) is 2. The van der Waals surface area contributed by atoms with E-state index < -0.39 is 0 Å². The van der Waals surface area contributed by atoms with E-state index in [1.165, 1.54) is 0 Å². The highest BCUT2D eigenvalue weighted by Gasteiger charge is 2.06. The lowest BCUT2D eigenvalue weighted by atomic mass is 10.0. The summed E-state index contributed by atoms with van der Waals surface area (Å²) in [5.41, 5.74) is 13.3. The Hall–Kier alpha value is -3.40. The van der Waals surface area contributed by atoms with E-state index in [0.717, 1.165) is 16.7 Å². The van der Waals surface area contributed by atoms with Crippen LogP contribution in [0.15, 0.2) is 84.0 Å². The van der Waals surface area contributed by atoms with Crippen molar-refractivity contribution in [3.8, 4) is 11.1 Å². The van der Waals surface area contributed by atoms with Gasteiger partial charge in [-0.2, -0.15) is 5.10 Å². The van der Waals surface area contributed by atoms with Gasteiger partial charge in [-0.25, -0.2) is 5.43 Å². The maximum Gasteiger partial charge on any atom is 0.271 e. The number of benzene rings is 3. The Morgan fingerprint density at radius 1 is 0.800 bits per heavy atom. The van der Waals surface area contributed by atoms with Crippen LogP contribution in [0.4, 0.5) is 5.69 Å². The van der Waals surface area contributed by atoms with Crippen molar-refractivity contribution in [2.75, 3.05) is 5.73 Å². The summed E-state index contributed by atoms with van der Waals surface area (Å²) in [7, 11) is 0. The highest BCUT2D eigenvalue weighted by molar-refractivity contribution is 6.01. The maximum atomic E-state index is 12.2. The van der Waals surface area contributed by atoms with Crippen LogP contribution in [0.1, 0.15) is 22.8 Å². The molecule has 3 aromatic rings. The fourth-order valence-corrected chi connectivity index (χ4v) is 2.43. The first-order valence-corrected chi connectivity index (χ1v) is 7.99. The molecule has 1 amide bonds. The van der Waals surface area contributed by atoms with Crippen molar-refractivity contribution in [2.45, 2.75) is 6.92 Å². The van der Waals surface area contributed by atoms with Crippen LogP contribution in [-0.4, -0.2) is 11.6 Å². The molecule has 0 spiro atoms. The fraction of sp³-hybridized carbons (Fsp3) is 0.0476. The zero-order valence-electron chi connectivity index (χ0n) is 13.9. The highest BCUT2D eigenvalue weighted by Crippen LogP contribution is 2.19. The lowest BCUT2D eigenvalue weighted by Gasteiger charge is -2.05. The van der Waals surface area contributed by atoms with Crippen LogP contribution < -0.4 is 11.2 Å². The zero-order chi connectivity index (χ0) is 17.6. The van der Waals surface area contributed by atoms with Crippen LogP contribution in [0.5, 0.6) is 0 Å². The molecule has 25 heavy (non-hydrogen) atoms. The maximum absolute atomic E-state index is 12.2. The first-order valence-electron chi connectivity index (χ1n) is 7.99. The molecule has 4 heteroatoms. The summed E-state index contributed by atoms with van der Waals surface area (Å²) in [4.78, 5) is 12.2. The lowest BCUT2D eigenvalue weighted by molar-refractivity contribution is 0.0955. The SMILES string of the molecule is C/C(=N\NC(=O)c1ccc(-c2ccccc2)cc1)c1ccc(N)cc1. The summed E-state index contributed by atoms with van der Waals surface area (Å²) < 4.78 is 0. The average molecular weight is 329 g/mol. The third kappa shape index (κ3) is 4.12. The fourth-order valence-electron chi connectivity index (χ4n) is 2.43. The Balaban J connectivity index is 1.69. The number of carbonyl (C=O) groups is 1. The van der Waals surface area contributed by atoms with E-state index in [2.05, 4.69) is 10.5 Å². The topological polar surface area (TPSA) is 67.5 Å². The van der Waals surface area contributed by atoms with Gasteiger partial charge in [-0.1, -0.05) is 54.6 Å². The standard InChI is InChI=1S/C21H19N3O/c1-15(16-11-13-20(22)14-12-16)23-24-21(25)19-9-7-18(8-10-19)17-5-3-2-4-6-17/h2-14H,22H2,1H3,(H,24,25)/b23-15+. The van der Waals surface area contributed by atoms with E-state index >= 15 is 0 Å². The van der Waals surface area contributed by atoms with Crippen molar-refractivity contribution in [1.82, 2.24) is 5.43 Å². The molecule has 0 saturated heterocycles. The summed E-state index contributed by atoms with van der Waals surface area (Å²) in [6.07, 6.45) is 0. The summed E-state index contributed by atoms with van der Waals surface area (Å²) in [6.45, 7) is 1.84. The van der Waals surface area contributed by atoms with E-state index in [1.807, 2.05) is 61.5 Å². The molecule has 4 nitrogen and oxygen atoms in total. The molecule has 124 valence electrons. The molecule has 3 rings (SSSR count). The number of anilines is 1. The van der Waals surface area contributed by atoms with Gasteiger partial charge in [0.1, 0.15) is 0 Å². The predicted molar refractivity (Wildman–Crippen MR) is 102 cm³/mol. The van der Waals surface area contributed by atoms with Gasteiger partial charge in [0.25, 0.3) is 5.91 Å². The van der Waals surface area contributed by atoms with Crippen molar-refractivity contribution in [1.29, 1.82) is 0 Å². The van der Waals surface area contributed by atoms with Crippen LogP contribution in [0.25, 0.3) is 11.1 Å². The lowest BCUT2D eigenvalue weighted by Crippen LogP contribution is -2.19. The molecule has 0 unspecified atom stereocenters. The molecule has 0 bridgehead atoms. The van der Waals surface area contributed by atoms with Gasteiger partial charge in [0, 0.05) is 11.3 Å². The van der Waals surface area contributed by atoms with Crippen LogP contribution in [0.3, 0.4) is 0 Å². The van der Waals surface area contributed by atoms with Crippen molar-refractivity contribution < 1.29 is 4.79 Å². The van der Waals surface area contributed by atoms with Gasteiger partial charge in [0.15, 0.2) is 0 Å². The normalized spacial score (nSPS) is 11.2. The van der Waals surface area contributed by atoms with Crippen molar-refractivity contribution >= 4 is 17.3 Å². The third-order valence-corrected chi connectivity index (χ3v) is 3.91. The molecule has 3 aromatic carbocycles.